The summed E-state index contributed by atoms with van der Waals surface area (Å²) in [6.45, 7) is 2.52. The van der Waals surface area contributed by atoms with Crippen LogP contribution in [0.15, 0.2) is 58.3 Å². The molecule has 1 aliphatic heterocycles. The molecule has 0 radical (unpaired) electrons. The van der Waals surface area contributed by atoms with Crippen molar-refractivity contribution in [2.75, 3.05) is 36.9 Å². The molecule has 0 saturated carbocycles. The van der Waals surface area contributed by atoms with Gasteiger partial charge in [-0.1, -0.05) is 18.2 Å². The summed E-state index contributed by atoms with van der Waals surface area (Å²) in [6, 6.07) is 13.5. The average molecular weight is 318 g/mol. The Morgan fingerprint density at radius 3 is 2.36 bits per heavy atom. The van der Waals surface area contributed by atoms with Gasteiger partial charge in [0.15, 0.2) is 0 Å². The van der Waals surface area contributed by atoms with Gasteiger partial charge in [-0.3, -0.25) is 0 Å². The predicted octanol–water partition coefficient (Wildman–Crippen LogP) is 1.94. The summed E-state index contributed by atoms with van der Waals surface area (Å²) < 4.78 is 31.2. The van der Waals surface area contributed by atoms with Gasteiger partial charge in [0.1, 0.15) is 0 Å². The maximum Gasteiger partial charge on any atom is 0.208 e. The van der Waals surface area contributed by atoms with Crippen LogP contribution in [-0.2, 0) is 14.6 Å². The number of sulfone groups is 1. The number of morpholine rings is 1. The van der Waals surface area contributed by atoms with E-state index in [0.29, 0.717) is 37.7 Å². The Balaban J connectivity index is 2.11. The van der Waals surface area contributed by atoms with E-state index in [1.54, 1.807) is 42.5 Å². The Bertz CT molecular complexity index is 754. The predicted molar refractivity (Wildman–Crippen MR) is 85.8 cm³/mol. The Hall–Kier alpha value is -2.05. The number of ether oxygens (including phenoxy) is 1. The lowest BCUT2D eigenvalue weighted by Gasteiger charge is -2.30. The van der Waals surface area contributed by atoms with Crippen LogP contribution in [0.3, 0.4) is 0 Å². The van der Waals surface area contributed by atoms with Crippen molar-refractivity contribution >= 4 is 21.2 Å². The van der Waals surface area contributed by atoms with E-state index in [0.717, 1.165) is 0 Å². The van der Waals surface area contributed by atoms with Gasteiger partial charge in [0, 0.05) is 18.8 Å². The lowest BCUT2D eigenvalue weighted by molar-refractivity contribution is 0.122. The summed E-state index contributed by atoms with van der Waals surface area (Å²) in [4.78, 5) is 2.55. The molecule has 5 nitrogen and oxygen atoms in total. The van der Waals surface area contributed by atoms with E-state index in [2.05, 4.69) is 0 Å². The molecule has 2 aromatic rings. The van der Waals surface area contributed by atoms with Crippen molar-refractivity contribution in [1.82, 2.24) is 0 Å². The first-order chi connectivity index (χ1) is 10.6. The van der Waals surface area contributed by atoms with E-state index in [-0.39, 0.29) is 9.79 Å². The molecule has 1 heterocycles. The van der Waals surface area contributed by atoms with Crippen molar-refractivity contribution in [3.05, 3.63) is 48.5 Å². The van der Waals surface area contributed by atoms with Gasteiger partial charge < -0.3 is 15.4 Å². The van der Waals surface area contributed by atoms with Crippen molar-refractivity contribution in [3.8, 4) is 0 Å². The van der Waals surface area contributed by atoms with Gasteiger partial charge in [0.25, 0.3) is 0 Å². The van der Waals surface area contributed by atoms with Crippen LogP contribution in [0.5, 0.6) is 0 Å². The molecule has 6 heteroatoms. The third-order valence-corrected chi connectivity index (χ3v) is 5.48. The fourth-order valence-corrected chi connectivity index (χ4v) is 4.07. The van der Waals surface area contributed by atoms with E-state index in [1.807, 2.05) is 4.90 Å². The highest BCUT2D eigenvalue weighted by atomic mass is 32.2. The highest BCUT2D eigenvalue weighted by molar-refractivity contribution is 7.91. The first-order valence-electron chi connectivity index (χ1n) is 7.11. The topological polar surface area (TPSA) is 72.6 Å². The minimum absolute atomic E-state index is 0.251. The highest BCUT2D eigenvalue weighted by Gasteiger charge is 2.25. The SMILES string of the molecule is Nc1ccc(N2CCOCC2)c(S(=O)(=O)c2ccccc2)c1. The minimum Gasteiger partial charge on any atom is -0.399 e. The number of hydrogen-bond acceptors (Lipinski definition) is 5. The summed E-state index contributed by atoms with van der Waals surface area (Å²) >= 11 is 0. The summed E-state index contributed by atoms with van der Waals surface area (Å²) in [6.07, 6.45) is 0. The third-order valence-electron chi connectivity index (χ3n) is 3.68. The smallest absolute Gasteiger partial charge is 0.208 e. The van der Waals surface area contributed by atoms with Gasteiger partial charge in [-0.25, -0.2) is 8.42 Å². The monoisotopic (exact) mass is 318 g/mol. The molecule has 0 atom stereocenters. The second-order valence-corrected chi connectivity index (χ2v) is 7.06. The number of anilines is 2. The Labute approximate surface area is 130 Å². The lowest BCUT2D eigenvalue weighted by atomic mass is 10.2. The Kier molecular flexibility index (Phi) is 4.04. The van der Waals surface area contributed by atoms with E-state index < -0.39 is 9.84 Å². The molecule has 3 rings (SSSR count). The molecule has 116 valence electrons. The summed E-state index contributed by atoms with van der Waals surface area (Å²) in [7, 11) is -3.60. The van der Waals surface area contributed by atoms with Crippen LogP contribution in [0.4, 0.5) is 11.4 Å². The average Bonchev–Trinajstić information content (AvgIpc) is 2.56. The van der Waals surface area contributed by atoms with Gasteiger partial charge in [-0.2, -0.15) is 0 Å². The molecule has 0 aliphatic carbocycles. The second-order valence-electron chi connectivity index (χ2n) is 5.14. The first kappa shape index (κ1) is 14.9. The number of nitrogens with two attached hydrogens (primary N) is 1. The van der Waals surface area contributed by atoms with Crippen molar-refractivity contribution < 1.29 is 13.2 Å². The molecule has 1 saturated heterocycles. The highest BCUT2D eigenvalue weighted by Crippen LogP contribution is 2.32. The molecule has 0 spiro atoms. The van der Waals surface area contributed by atoms with Gasteiger partial charge in [-0.15, -0.1) is 0 Å². The van der Waals surface area contributed by atoms with Crippen LogP contribution in [0.2, 0.25) is 0 Å². The fourth-order valence-electron chi connectivity index (χ4n) is 2.54. The summed E-state index contributed by atoms with van der Waals surface area (Å²) in [5, 5.41) is 0. The zero-order valence-electron chi connectivity index (χ0n) is 12.1. The Morgan fingerprint density at radius 2 is 1.68 bits per heavy atom. The summed E-state index contributed by atoms with van der Waals surface area (Å²) in [5.74, 6) is 0. The van der Waals surface area contributed by atoms with Crippen LogP contribution in [0.1, 0.15) is 0 Å². The van der Waals surface area contributed by atoms with Crippen LogP contribution in [0.25, 0.3) is 0 Å². The number of nitrogens with zero attached hydrogens (tertiary/aromatic N) is 1. The van der Waals surface area contributed by atoms with Gasteiger partial charge in [0.05, 0.1) is 28.7 Å². The fraction of sp³-hybridized carbons (Fsp3) is 0.250. The van der Waals surface area contributed by atoms with Crippen LogP contribution >= 0.6 is 0 Å². The number of benzene rings is 2. The third kappa shape index (κ3) is 2.80. The molecule has 0 amide bonds. The summed E-state index contributed by atoms with van der Waals surface area (Å²) in [5.41, 5.74) is 6.94. The van der Waals surface area contributed by atoms with Crippen LogP contribution in [0, 0.1) is 0 Å². The van der Waals surface area contributed by atoms with E-state index in [4.69, 9.17) is 10.5 Å². The number of hydrogen-bond donors (Lipinski definition) is 1. The molecule has 0 bridgehead atoms. The maximum absolute atomic E-state index is 12.9. The molecule has 1 fully saturated rings. The van der Waals surface area contributed by atoms with Crippen molar-refractivity contribution in [2.24, 2.45) is 0 Å². The number of rotatable bonds is 3. The molecule has 2 aromatic carbocycles. The van der Waals surface area contributed by atoms with Crippen LogP contribution < -0.4 is 10.6 Å². The van der Waals surface area contributed by atoms with Gasteiger partial charge in [0.2, 0.25) is 9.84 Å². The standard InChI is InChI=1S/C16H18N2O3S/c17-13-6-7-15(18-8-10-21-11-9-18)16(12-13)22(19,20)14-4-2-1-3-5-14/h1-7,12H,8-11,17H2. The molecule has 22 heavy (non-hydrogen) atoms. The van der Waals surface area contributed by atoms with Crippen LogP contribution in [-0.4, -0.2) is 34.7 Å². The molecule has 2 N–H and O–H groups in total. The normalized spacial score (nSPS) is 15.7. The van der Waals surface area contributed by atoms with E-state index in [9.17, 15) is 8.42 Å². The van der Waals surface area contributed by atoms with E-state index >= 15 is 0 Å². The van der Waals surface area contributed by atoms with Crippen molar-refractivity contribution in [1.29, 1.82) is 0 Å². The zero-order valence-corrected chi connectivity index (χ0v) is 12.9. The number of nitrogen functional groups attached to an aromatic ring is 1. The molecule has 0 unspecified atom stereocenters. The lowest BCUT2D eigenvalue weighted by Crippen LogP contribution is -2.37. The van der Waals surface area contributed by atoms with Crippen molar-refractivity contribution in [2.45, 2.75) is 9.79 Å². The zero-order chi connectivity index (χ0) is 15.6. The largest absolute Gasteiger partial charge is 0.399 e. The second kappa shape index (κ2) is 5.98. The Morgan fingerprint density at radius 1 is 1.00 bits per heavy atom. The molecule has 1 aliphatic rings. The quantitative estimate of drug-likeness (QED) is 0.876. The van der Waals surface area contributed by atoms with E-state index in [1.165, 1.54) is 6.07 Å². The first-order valence-corrected chi connectivity index (χ1v) is 8.60. The molecular formula is C16H18N2O3S. The molecule has 0 aromatic heterocycles. The maximum atomic E-state index is 12.9. The van der Waals surface area contributed by atoms with Gasteiger partial charge in [-0.05, 0) is 30.3 Å². The minimum atomic E-state index is -3.60. The van der Waals surface area contributed by atoms with Gasteiger partial charge >= 0.3 is 0 Å². The molecular weight excluding hydrogens is 300 g/mol. The van der Waals surface area contributed by atoms with Crippen molar-refractivity contribution in [3.63, 3.8) is 0 Å².